The van der Waals surface area contributed by atoms with Gasteiger partial charge in [-0.3, -0.25) is 0 Å². The van der Waals surface area contributed by atoms with Crippen LogP contribution in [0.5, 0.6) is 5.75 Å². The van der Waals surface area contributed by atoms with Crippen LogP contribution in [0.2, 0.25) is 0 Å². The number of hydrogen-bond donors (Lipinski definition) is 1. The molecule has 1 N–H and O–H groups in total. The van der Waals surface area contributed by atoms with Crippen LogP contribution in [0.3, 0.4) is 0 Å². The maximum absolute atomic E-state index is 11.6. The molecule has 0 fully saturated rings. The summed E-state index contributed by atoms with van der Waals surface area (Å²) in [5.74, 6) is -0.793. The van der Waals surface area contributed by atoms with Gasteiger partial charge >= 0.3 is 5.97 Å². The molecule has 4 nitrogen and oxygen atoms in total. The van der Waals surface area contributed by atoms with Crippen molar-refractivity contribution in [1.82, 2.24) is 0 Å². The van der Waals surface area contributed by atoms with E-state index in [0.717, 1.165) is 0 Å². The summed E-state index contributed by atoms with van der Waals surface area (Å²) in [6, 6.07) is 4.75. The average Bonchev–Trinajstić information content (AvgIpc) is 2.28. The molecule has 84 valence electrons. The molecule has 0 saturated carbocycles. The highest BCUT2D eigenvalue weighted by molar-refractivity contribution is 9.08. The number of aromatic hydroxyl groups is 1. The molecule has 1 rings (SSSR count). The Morgan fingerprint density at radius 1 is 1.62 bits per heavy atom. The monoisotopic (exact) mass is 283 g/mol. The second-order valence-electron chi connectivity index (χ2n) is 2.95. The predicted octanol–water partition coefficient (Wildman–Crippen LogP) is 2.34. The van der Waals surface area contributed by atoms with Crippen molar-refractivity contribution in [3.8, 4) is 11.8 Å². The van der Waals surface area contributed by atoms with Crippen molar-refractivity contribution in [2.75, 3.05) is 6.61 Å². The SMILES string of the molecule is CCOC(=O)c1c(O)ccc(C#N)c1CBr. The lowest BCUT2D eigenvalue weighted by Gasteiger charge is -2.09. The summed E-state index contributed by atoms with van der Waals surface area (Å²) < 4.78 is 4.82. The summed E-state index contributed by atoms with van der Waals surface area (Å²) in [7, 11) is 0. The van der Waals surface area contributed by atoms with Gasteiger partial charge in [0.2, 0.25) is 0 Å². The van der Waals surface area contributed by atoms with Crippen LogP contribution in [0.25, 0.3) is 0 Å². The summed E-state index contributed by atoms with van der Waals surface area (Å²) >= 11 is 3.18. The van der Waals surface area contributed by atoms with Gasteiger partial charge in [0.15, 0.2) is 0 Å². The van der Waals surface area contributed by atoms with Crippen molar-refractivity contribution in [1.29, 1.82) is 5.26 Å². The number of ether oxygens (including phenoxy) is 1. The second kappa shape index (κ2) is 5.52. The molecule has 16 heavy (non-hydrogen) atoms. The smallest absolute Gasteiger partial charge is 0.342 e. The van der Waals surface area contributed by atoms with Gasteiger partial charge < -0.3 is 9.84 Å². The van der Waals surface area contributed by atoms with Crippen LogP contribution in [0.1, 0.15) is 28.4 Å². The number of benzene rings is 1. The molecule has 0 aliphatic carbocycles. The number of carbonyl (C=O) groups is 1. The summed E-state index contributed by atoms with van der Waals surface area (Å²) in [5.41, 5.74) is 0.844. The van der Waals surface area contributed by atoms with E-state index in [1.807, 2.05) is 6.07 Å². The average molecular weight is 284 g/mol. The third-order valence-corrected chi connectivity index (χ3v) is 2.59. The molecule has 0 saturated heterocycles. The van der Waals surface area contributed by atoms with E-state index in [2.05, 4.69) is 15.9 Å². The zero-order chi connectivity index (χ0) is 12.1. The molecular weight excluding hydrogens is 274 g/mol. The Hall–Kier alpha value is -1.54. The number of alkyl halides is 1. The van der Waals surface area contributed by atoms with Crippen molar-refractivity contribution in [3.63, 3.8) is 0 Å². The maximum atomic E-state index is 11.6. The van der Waals surface area contributed by atoms with Crippen molar-refractivity contribution in [2.24, 2.45) is 0 Å². The van der Waals surface area contributed by atoms with E-state index in [9.17, 15) is 9.90 Å². The molecule has 1 aromatic carbocycles. The molecule has 0 spiro atoms. The van der Waals surface area contributed by atoms with E-state index in [1.54, 1.807) is 6.92 Å². The number of nitrogens with zero attached hydrogens (tertiary/aromatic N) is 1. The van der Waals surface area contributed by atoms with Gasteiger partial charge in [0.05, 0.1) is 18.2 Å². The lowest BCUT2D eigenvalue weighted by Crippen LogP contribution is -2.09. The van der Waals surface area contributed by atoms with E-state index in [1.165, 1.54) is 12.1 Å². The lowest BCUT2D eigenvalue weighted by molar-refractivity contribution is 0.0522. The van der Waals surface area contributed by atoms with Gasteiger partial charge in [0.25, 0.3) is 0 Å². The molecule has 0 amide bonds. The van der Waals surface area contributed by atoms with Gasteiger partial charge in [-0.1, -0.05) is 15.9 Å². The highest BCUT2D eigenvalue weighted by Gasteiger charge is 2.19. The number of halogens is 1. The minimum absolute atomic E-state index is 0.0535. The van der Waals surface area contributed by atoms with E-state index < -0.39 is 5.97 Å². The number of carbonyl (C=O) groups excluding carboxylic acids is 1. The van der Waals surface area contributed by atoms with Crippen molar-refractivity contribution in [2.45, 2.75) is 12.3 Å². The largest absolute Gasteiger partial charge is 0.507 e. The standard InChI is InChI=1S/C11H10BrNO3/c1-2-16-11(15)10-8(5-12)7(6-13)3-4-9(10)14/h3-4,14H,2,5H2,1H3. The van der Waals surface area contributed by atoms with E-state index >= 15 is 0 Å². The van der Waals surface area contributed by atoms with Gasteiger partial charge in [-0.05, 0) is 24.6 Å². The molecule has 0 radical (unpaired) electrons. The summed E-state index contributed by atoms with van der Waals surface area (Å²) in [6.07, 6.45) is 0. The van der Waals surface area contributed by atoms with Crippen LogP contribution in [-0.4, -0.2) is 17.7 Å². The minimum Gasteiger partial charge on any atom is -0.507 e. The fraction of sp³-hybridized carbons (Fsp3) is 0.273. The fourth-order valence-corrected chi connectivity index (χ4v) is 1.89. The first-order valence-electron chi connectivity index (χ1n) is 4.63. The van der Waals surface area contributed by atoms with E-state index in [-0.39, 0.29) is 17.9 Å². The predicted molar refractivity (Wildman–Crippen MR) is 61.4 cm³/mol. The van der Waals surface area contributed by atoms with Crippen molar-refractivity contribution >= 4 is 21.9 Å². The number of esters is 1. The molecular formula is C11H10BrNO3. The van der Waals surface area contributed by atoms with Crippen LogP contribution in [0.15, 0.2) is 12.1 Å². The molecule has 0 aromatic heterocycles. The molecule has 0 unspecified atom stereocenters. The topological polar surface area (TPSA) is 70.3 Å². The summed E-state index contributed by atoms with van der Waals surface area (Å²) in [4.78, 5) is 11.6. The third-order valence-electron chi connectivity index (χ3n) is 2.02. The van der Waals surface area contributed by atoms with E-state index in [4.69, 9.17) is 10.00 Å². The molecule has 0 heterocycles. The number of phenols is 1. The Kier molecular flexibility index (Phi) is 4.32. The number of nitriles is 1. The van der Waals surface area contributed by atoms with Crippen LogP contribution in [-0.2, 0) is 10.1 Å². The van der Waals surface area contributed by atoms with Gasteiger partial charge in [0.1, 0.15) is 11.3 Å². The lowest BCUT2D eigenvalue weighted by atomic mass is 10.0. The Balaban J connectivity index is 3.35. The number of rotatable bonds is 3. The molecule has 0 atom stereocenters. The highest BCUT2D eigenvalue weighted by atomic mass is 79.9. The third kappa shape index (κ3) is 2.34. The Morgan fingerprint density at radius 3 is 2.81 bits per heavy atom. The quantitative estimate of drug-likeness (QED) is 0.683. The van der Waals surface area contributed by atoms with Crippen LogP contribution < -0.4 is 0 Å². The minimum atomic E-state index is -0.619. The summed E-state index contributed by atoms with van der Waals surface area (Å²) in [6.45, 7) is 1.90. The number of phenolic OH excluding ortho intramolecular Hbond substituents is 1. The van der Waals surface area contributed by atoms with Gasteiger partial charge in [-0.25, -0.2) is 4.79 Å². The first kappa shape index (κ1) is 12.5. The second-order valence-corrected chi connectivity index (χ2v) is 3.51. The van der Waals surface area contributed by atoms with Crippen molar-refractivity contribution in [3.05, 3.63) is 28.8 Å². The van der Waals surface area contributed by atoms with Crippen molar-refractivity contribution < 1.29 is 14.6 Å². The summed E-state index contributed by atoms with van der Waals surface area (Å²) in [5, 5.41) is 18.8. The number of hydrogen-bond acceptors (Lipinski definition) is 4. The van der Waals surface area contributed by atoms with E-state index in [0.29, 0.717) is 16.5 Å². The first-order chi connectivity index (χ1) is 7.65. The van der Waals surface area contributed by atoms with Crippen LogP contribution >= 0.6 is 15.9 Å². The fourth-order valence-electron chi connectivity index (χ4n) is 1.31. The molecule has 0 bridgehead atoms. The Bertz CT molecular complexity index is 451. The Morgan fingerprint density at radius 2 is 2.31 bits per heavy atom. The van der Waals surface area contributed by atoms with Gasteiger partial charge in [0, 0.05) is 5.33 Å². The zero-order valence-electron chi connectivity index (χ0n) is 8.66. The van der Waals surface area contributed by atoms with Crippen LogP contribution in [0, 0.1) is 11.3 Å². The first-order valence-corrected chi connectivity index (χ1v) is 5.75. The highest BCUT2D eigenvalue weighted by Crippen LogP contribution is 2.27. The van der Waals surface area contributed by atoms with Crippen LogP contribution in [0.4, 0.5) is 0 Å². The molecule has 0 aliphatic rings. The Labute approximate surface area is 102 Å². The maximum Gasteiger partial charge on any atom is 0.342 e. The molecule has 1 aromatic rings. The normalized spacial score (nSPS) is 9.56. The molecule has 0 aliphatic heterocycles. The van der Waals surface area contributed by atoms with Gasteiger partial charge in [-0.2, -0.15) is 5.26 Å². The zero-order valence-corrected chi connectivity index (χ0v) is 10.2. The molecule has 5 heteroatoms. The van der Waals surface area contributed by atoms with Gasteiger partial charge in [-0.15, -0.1) is 0 Å².